The molecule has 0 fully saturated rings. The van der Waals surface area contributed by atoms with Crippen LogP contribution in [0, 0.1) is 12.7 Å². The van der Waals surface area contributed by atoms with Gasteiger partial charge in [-0.1, -0.05) is 29.5 Å². The van der Waals surface area contributed by atoms with Crippen molar-refractivity contribution in [2.75, 3.05) is 5.73 Å². The Morgan fingerprint density at radius 2 is 2.05 bits per heavy atom. The van der Waals surface area contributed by atoms with E-state index < -0.39 is 17.3 Å². The minimum Gasteiger partial charge on any atom is -0.478 e. The van der Waals surface area contributed by atoms with E-state index in [0.717, 1.165) is 22.6 Å². The second kappa shape index (κ2) is 5.32. The largest absolute Gasteiger partial charge is 0.478 e. The van der Waals surface area contributed by atoms with E-state index in [2.05, 4.69) is 0 Å². The Morgan fingerprint density at radius 3 is 2.68 bits per heavy atom. The van der Waals surface area contributed by atoms with Gasteiger partial charge in [0.15, 0.2) is 0 Å². The third-order valence-electron chi connectivity index (χ3n) is 2.55. The van der Waals surface area contributed by atoms with E-state index in [4.69, 9.17) is 10.8 Å². The molecule has 0 unspecified atom stereocenters. The Balaban J connectivity index is 2.36. The van der Waals surface area contributed by atoms with Crippen LogP contribution in [0.5, 0.6) is 0 Å². The van der Waals surface area contributed by atoms with Gasteiger partial charge in [-0.05, 0) is 31.2 Å². The van der Waals surface area contributed by atoms with Crippen molar-refractivity contribution in [1.29, 1.82) is 0 Å². The monoisotopic (exact) mass is 277 g/mol. The first-order valence-corrected chi connectivity index (χ1v) is 6.36. The zero-order valence-electron chi connectivity index (χ0n) is 10.2. The van der Waals surface area contributed by atoms with Gasteiger partial charge in [-0.3, -0.25) is 0 Å². The average molecular weight is 277 g/mol. The van der Waals surface area contributed by atoms with Crippen LogP contribution >= 0.6 is 11.8 Å². The number of carbonyl (C=O) groups is 1. The summed E-state index contributed by atoms with van der Waals surface area (Å²) < 4.78 is 13.6. The number of benzene rings is 2. The second-order valence-corrected chi connectivity index (χ2v) is 5.21. The molecule has 19 heavy (non-hydrogen) atoms. The zero-order valence-corrected chi connectivity index (χ0v) is 11.0. The normalized spacial score (nSPS) is 10.4. The molecule has 0 saturated carbocycles. The first-order valence-electron chi connectivity index (χ1n) is 5.54. The third kappa shape index (κ3) is 3.06. The summed E-state index contributed by atoms with van der Waals surface area (Å²) in [5.74, 6) is -2.10. The number of carboxylic acid groups (broad SMARTS) is 1. The second-order valence-electron chi connectivity index (χ2n) is 4.09. The van der Waals surface area contributed by atoms with Crippen molar-refractivity contribution in [2.45, 2.75) is 16.7 Å². The van der Waals surface area contributed by atoms with Gasteiger partial charge in [-0.15, -0.1) is 0 Å². The lowest BCUT2D eigenvalue weighted by Crippen LogP contribution is -2.03. The fourth-order valence-corrected chi connectivity index (χ4v) is 2.61. The summed E-state index contributed by atoms with van der Waals surface area (Å²) >= 11 is 1.31. The van der Waals surface area contributed by atoms with Crippen LogP contribution in [0.15, 0.2) is 46.2 Å². The van der Waals surface area contributed by atoms with Gasteiger partial charge in [-0.25, -0.2) is 9.18 Å². The predicted molar refractivity (Wildman–Crippen MR) is 73.1 cm³/mol. The molecule has 0 aromatic heterocycles. The molecule has 0 radical (unpaired) electrons. The highest BCUT2D eigenvalue weighted by atomic mass is 32.2. The SMILES string of the molecule is Cc1cccc(Sc2cc(F)c(C(=O)O)cc2N)c1. The molecule has 3 nitrogen and oxygen atoms in total. The van der Waals surface area contributed by atoms with E-state index in [0.29, 0.717) is 4.90 Å². The van der Waals surface area contributed by atoms with Crippen LogP contribution in [0.1, 0.15) is 15.9 Å². The van der Waals surface area contributed by atoms with Crippen LogP contribution in [0.2, 0.25) is 0 Å². The summed E-state index contributed by atoms with van der Waals surface area (Å²) in [6, 6.07) is 10.0. The fraction of sp³-hybridized carbons (Fsp3) is 0.0714. The summed E-state index contributed by atoms with van der Waals surface area (Å²) in [5.41, 5.74) is 6.70. The minimum atomic E-state index is -1.32. The number of carboxylic acids is 1. The quantitative estimate of drug-likeness (QED) is 0.842. The van der Waals surface area contributed by atoms with Gasteiger partial charge < -0.3 is 10.8 Å². The maximum absolute atomic E-state index is 13.6. The van der Waals surface area contributed by atoms with E-state index in [9.17, 15) is 9.18 Å². The Labute approximate surface area is 114 Å². The molecule has 0 aliphatic heterocycles. The van der Waals surface area contributed by atoms with E-state index >= 15 is 0 Å². The summed E-state index contributed by atoms with van der Waals surface area (Å²) in [7, 11) is 0. The highest BCUT2D eigenvalue weighted by Crippen LogP contribution is 2.34. The topological polar surface area (TPSA) is 63.3 Å². The van der Waals surface area contributed by atoms with Crippen molar-refractivity contribution >= 4 is 23.4 Å². The van der Waals surface area contributed by atoms with Crippen LogP contribution in [-0.4, -0.2) is 11.1 Å². The van der Waals surface area contributed by atoms with Gasteiger partial charge in [0.1, 0.15) is 5.82 Å². The predicted octanol–water partition coefficient (Wildman–Crippen LogP) is 3.57. The molecule has 0 aliphatic rings. The van der Waals surface area contributed by atoms with E-state index in [1.807, 2.05) is 31.2 Å². The van der Waals surface area contributed by atoms with Crippen molar-refractivity contribution in [3.8, 4) is 0 Å². The lowest BCUT2D eigenvalue weighted by Gasteiger charge is -2.08. The molecular weight excluding hydrogens is 265 g/mol. The Hall–Kier alpha value is -2.01. The molecule has 0 amide bonds. The molecule has 2 rings (SSSR count). The molecule has 3 N–H and O–H groups in total. The zero-order chi connectivity index (χ0) is 14.0. The minimum absolute atomic E-state index is 0.255. The van der Waals surface area contributed by atoms with Crippen molar-refractivity contribution in [3.05, 3.63) is 53.3 Å². The number of aromatic carboxylic acids is 1. The van der Waals surface area contributed by atoms with Crippen molar-refractivity contribution in [2.24, 2.45) is 0 Å². The summed E-state index contributed by atoms with van der Waals surface area (Å²) in [5, 5.41) is 8.80. The number of hydrogen-bond acceptors (Lipinski definition) is 3. The highest BCUT2D eigenvalue weighted by Gasteiger charge is 2.14. The molecule has 2 aromatic rings. The number of rotatable bonds is 3. The molecule has 0 atom stereocenters. The standard InChI is InChI=1S/C14H12FNO2S/c1-8-3-2-4-9(5-8)19-13-7-11(15)10(14(17)18)6-12(13)16/h2-7H,16H2,1H3,(H,17,18). The first kappa shape index (κ1) is 13.4. The molecular formula is C14H12FNO2S. The fourth-order valence-electron chi connectivity index (χ4n) is 1.63. The average Bonchev–Trinajstić information content (AvgIpc) is 2.33. The number of halogens is 1. The number of aryl methyl sites for hydroxylation is 1. The molecule has 0 heterocycles. The molecule has 98 valence electrons. The van der Waals surface area contributed by atoms with Gasteiger partial charge >= 0.3 is 5.97 Å². The Bertz CT molecular complexity index is 643. The van der Waals surface area contributed by atoms with Crippen molar-refractivity contribution < 1.29 is 14.3 Å². The number of nitrogens with two attached hydrogens (primary N) is 1. The van der Waals surface area contributed by atoms with Crippen LogP contribution in [0.25, 0.3) is 0 Å². The van der Waals surface area contributed by atoms with E-state index in [-0.39, 0.29) is 5.69 Å². The molecule has 2 aromatic carbocycles. The van der Waals surface area contributed by atoms with Crippen molar-refractivity contribution in [1.82, 2.24) is 0 Å². The van der Waals surface area contributed by atoms with E-state index in [1.54, 1.807) is 0 Å². The van der Waals surface area contributed by atoms with Crippen LogP contribution < -0.4 is 5.73 Å². The summed E-state index contributed by atoms with van der Waals surface area (Å²) in [6.07, 6.45) is 0. The number of nitrogen functional groups attached to an aromatic ring is 1. The number of hydrogen-bond donors (Lipinski definition) is 2. The molecule has 0 saturated heterocycles. The first-order chi connectivity index (χ1) is 8.97. The number of anilines is 1. The van der Waals surface area contributed by atoms with Crippen LogP contribution in [-0.2, 0) is 0 Å². The van der Waals surface area contributed by atoms with Gasteiger partial charge in [0, 0.05) is 15.5 Å². The lowest BCUT2D eigenvalue weighted by atomic mass is 10.2. The van der Waals surface area contributed by atoms with Gasteiger partial charge in [0.25, 0.3) is 0 Å². The van der Waals surface area contributed by atoms with Crippen LogP contribution in [0.3, 0.4) is 0 Å². The molecule has 0 spiro atoms. The van der Waals surface area contributed by atoms with Gasteiger partial charge in [0.05, 0.1) is 5.56 Å². The maximum atomic E-state index is 13.6. The highest BCUT2D eigenvalue weighted by molar-refractivity contribution is 7.99. The van der Waals surface area contributed by atoms with Crippen LogP contribution in [0.4, 0.5) is 10.1 Å². The van der Waals surface area contributed by atoms with Gasteiger partial charge in [-0.2, -0.15) is 0 Å². The Kier molecular flexibility index (Phi) is 3.76. The molecule has 5 heteroatoms. The summed E-state index contributed by atoms with van der Waals surface area (Å²) in [4.78, 5) is 12.2. The third-order valence-corrected chi connectivity index (χ3v) is 3.61. The smallest absolute Gasteiger partial charge is 0.338 e. The molecule has 0 bridgehead atoms. The lowest BCUT2D eigenvalue weighted by molar-refractivity contribution is 0.0692. The maximum Gasteiger partial charge on any atom is 0.338 e. The van der Waals surface area contributed by atoms with Crippen molar-refractivity contribution in [3.63, 3.8) is 0 Å². The Morgan fingerprint density at radius 1 is 1.32 bits per heavy atom. The summed E-state index contributed by atoms with van der Waals surface area (Å²) in [6.45, 7) is 1.96. The van der Waals surface area contributed by atoms with E-state index in [1.165, 1.54) is 11.8 Å². The van der Waals surface area contributed by atoms with Gasteiger partial charge in [0.2, 0.25) is 0 Å². The molecule has 0 aliphatic carbocycles.